The predicted octanol–water partition coefficient (Wildman–Crippen LogP) is 2.83. The van der Waals surface area contributed by atoms with Crippen molar-refractivity contribution in [3.63, 3.8) is 0 Å². The summed E-state index contributed by atoms with van der Waals surface area (Å²) in [5.41, 5.74) is 2.19. The summed E-state index contributed by atoms with van der Waals surface area (Å²) in [6.07, 6.45) is 4.08. The Kier molecular flexibility index (Phi) is 2.69. The molecule has 88 valence electrons. The summed E-state index contributed by atoms with van der Waals surface area (Å²) in [5, 5.41) is 10.5. The molecule has 0 radical (unpaired) electrons. The lowest BCUT2D eigenvalue weighted by Crippen LogP contribution is -2.14. The van der Waals surface area contributed by atoms with Crippen LogP contribution in [0.25, 0.3) is 10.9 Å². The molecule has 1 aromatic heterocycles. The molecule has 1 aliphatic heterocycles. The Balaban J connectivity index is 1.99. The van der Waals surface area contributed by atoms with Crippen LogP contribution in [0.1, 0.15) is 24.3 Å². The summed E-state index contributed by atoms with van der Waals surface area (Å²) in [6.45, 7) is 1.67. The van der Waals surface area contributed by atoms with Crippen molar-refractivity contribution in [3.05, 3.63) is 36.0 Å². The van der Waals surface area contributed by atoms with E-state index >= 15 is 0 Å². The average Bonchev–Trinajstić information content (AvgIpc) is 2.39. The molecule has 0 bridgehead atoms. The minimum Gasteiger partial charge on any atom is -0.508 e. The van der Waals surface area contributed by atoms with E-state index in [1.165, 1.54) is 5.56 Å². The average molecular weight is 229 g/mol. The number of pyridine rings is 1. The maximum Gasteiger partial charge on any atom is 0.116 e. The Labute approximate surface area is 100 Å². The van der Waals surface area contributed by atoms with E-state index in [0.717, 1.165) is 37.0 Å². The molecule has 0 atom stereocenters. The van der Waals surface area contributed by atoms with Crippen molar-refractivity contribution < 1.29 is 9.84 Å². The van der Waals surface area contributed by atoms with Crippen molar-refractivity contribution in [2.45, 2.75) is 18.8 Å². The van der Waals surface area contributed by atoms with Crippen LogP contribution in [0.15, 0.2) is 30.5 Å². The molecule has 2 heterocycles. The van der Waals surface area contributed by atoms with Crippen LogP contribution in [0, 0.1) is 0 Å². The van der Waals surface area contributed by atoms with Crippen molar-refractivity contribution in [2.24, 2.45) is 0 Å². The maximum atomic E-state index is 9.48. The van der Waals surface area contributed by atoms with E-state index in [9.17, 15) is 5.11 Å². The molecule has 1 aliphatic rings. The molecule has 1 aromatic carbocycles. The van der Waals surface area contributed by atoms with Gasteiger partial charge in [-0.2, -0.15) is 0 Å². The topological polar surface area (TPSA) is 42.4 Å². The number of aromatic nitrogens is 1. The van der Waals surface area contributed by atoms with Gasteiger partial charge in [0.15, 0.2) is 0 Å². The molecule has 0 unspecified atom stereocenters. The SMILES string of the molecule is Oc1ccc2ncc(C3CCOCC3)cc2c1. The summed E-state index contributed by atoms with van der Waals surface area (Å²) in [4.78, 5) is 4.45. The zero-order chi connectivity index (χ0) is 11.7. The van der Waals surface area contributed by atoms with Crippen molar-refractivity contribution in [2.75, 3.05) is 13.2 Å². The van der Waals surface area contributed by atoms with E-state index in [0.29, 0.717) is 11.7 Å². The van der Waals surface area contributed by atoms with Crippen LogP contribution in [-0.4, -0.2) is 23.3 Å². The van der Waals surface area contributed by atoms with E-state index < -0.39 is 0 Å². The highest BCUT2D eigenvalue weighted by molar-refractivity contribution is 5.80. The largest absolute Gasteiger partial charge is 0.508 e. The first kappa shape index (κ1) is 10.5. The van der Waals surface area contributed by atoms with Gasteiger partial charge in [-0.25, -0.2) is 0 Å². The van der Waals surface area contributed by atoms with E-state index in [2.05, 4.69) is 11.1 Å². The minimum absolute atomic E-state index is 0.295. The number of benzene rings is 1. The fourth-order valence-corrected chi connectivity index (χ4v) is 2.39. The van der Waals surface area contributed by atoms with Gasteiger partial charge in [-0.15, -0.1) is 0 Å². The van der Waals surface area contributed by atoms with Gasteiger partial charge in [0.2, 0.25) is 0 Å². The molecular formula is C14H15NO2. The van der Waals surface area contributed by atoms with Gasteiger partial charge in [0, 0.05) is 24.8 Å². The molecule has 0 aliphatic carbocycles. The summed E-state index contributed by atoms with van der Waals surface area (Å²) < 4.78 is 5.37. The minimum atomic E-state index is 0.295. The molecule has 3 heteroatoms. The first-order valence-corrected chi connectivity index (χ1v) is 5.99. The van der Waals surface area contributed by atoms with Crippen LogP contribution in [0.5, 0.6) is 5.75 Å². The summed E-state index contributed by atoms with van der Waals surface area (Å²) >= 11 is 0. The number of phenols is 1. The van der Waals surface area contributed by atoms with E-state index in [4.69, 9.17) is 4.74 Å². The van der Waals surface area contributed by atoms with Gasteiger partial charge in [0.05, 0.1) is 5.52 Å². The third kappa shape index (κ3) is 2.11. The second-order valence-corrected chi connectivity index (χ2v) is 4.53. The number of fused-ring (bicyclic) bond motifs is 1. The fraction of sp³-hybridized carbons (Fsp3) is 0.357. The van der Waals surface area contributed by atoms with E-state index in [1.807, 2.05) is 12.3 Å². The molecule has 3 rings (SSSR count). The molecule has 0 saturated carbocycles. The van der Waals surface area contributed by atoms with Gasteiger partial charge in [-0.1, -0.05) is 0 Å². The molecule has 2 aromatic rings. The summed E-state index contributed by atoms with van der Waals surface area (Å²) in [6, 6.07) is 7.42. The Hall–Kier alpha value is -1.61. The van der Waals surface area contributed by atoms with Crippen molar-refractivity contribution in [3.8, 4) is 5.75 Å². The lowest BCUT2D eigenvalue weighted by Gasteiger charge is -2.22. The number of hydrogen-bond donors (Lipinski definition) is 1. The Morgan fingerprint density at radius 3 is 2.82 bits per heavy atom. The number of aromatic hydroxyl groups is 1. The number of phenolic OH excluding ortho intramolecular Hbond substituents is 1. The first-order valence-electron chi connectivity index (χ1n) is 5.99. The number of rotatable bonds is 1. The molecule has 1 N–H and O–H groups in total. The molecule has 1 saturated heterocycles. The van der Waals surface area contributed by atoms with Gasteiger partial charge in [-0.05, 0) is 48.6 Å². The number of ether oxygens (including phenoxy) is 1. The Morgan fingerprint density at radius 1 is 1.18 bits per heavy atom. The van der Waals surface area contributed by atoms with Crippen LogP contribution >= 0.6 is 0 Å². The van der Waals surface area contributed by atoms with Crippen LogP contribution in [0.3, 0.4) is 0 Å². The summed E-state index contributed by atoms with van der Waals surface area (Å²) in [7, 11) is 0. The van der Waals surface area contributed by atoms with Crippen LogP contribution < -0.4 is 0 Å². The standard InChI is InChI=1S/C14H15NO2/c16-13-1-2-14-11(8-13)7-12(9-15-14)10-3-5-17-6-4-10/h1-2,7-10,16H,3-6H2. The molecule has 1 fully saturated rings. The summed E-state index contributed by atoms with van der Waals surface area (Å²) in [5.74, 6) is 0.839. The third-order valence-electron chi connectivity index (χ3n) is 3.38. The Bertz CT molecular complexity index is 533. The second-order valence-electron chi connectivity index (χ2n) is 4.53. The lowest BCUT2D eigenvalue weighted by molar-refractivity contribution is 0.0853. The molecule has 17 heavy (non-hydrogen) atoms. The Morgan fingerprint density at radius 2 is 2.00 bits per heavy atom. The first-order chi connectivity index (χ1) is 8.33. The normalized spacial score (nSPS) is 17.4. The van der Waals surface area contributed by atoms with Crippen LogP contribution in [-0.2, 0) is 4.74 Å². The molecular weight excluding hydrogens is 214 g/mol. The zero-order valence-corrected chi connectivity index (χ0v) is 9.60. The van der Waals surface area contributed by atoms with Crippen molar-refractivity contribution in [1.29, 1.82) is 0 Å². The predicted molar refractivity (Wildman–Crippen MR) is 66.2 cm³/mol. The zero-order valence-electron chi connectivity index (χ0n) is 9.60. The molecule has 0 spiro atoms. The third-order valence-corrected chi connectivity index (χ3v) is 3.38. The quantitative estimate of drug-likeness (QED) is 0.817. The van der Waals surface area contributed by atoms with Gasteiger partial charge < -0.3 is 9.84 Å². The van der Waals surface area contributed by atoms with Gasteiger partial charge >= 0.3 is 0 Å². The smallest absolute Gasteiger partial charge is 0.116 e. The van der Waals surface area contributed by atoms with Gasteiger partial charge in [-0.3, -0.25) is 4.98 Å². The lowest BCUT2D eigenvalue weighted by atomic mass is 9.92. The van der Waals surface area contributed by atoms with Crippen molar-refractivity contribution >= 4 is 10.9 Å². The molecule has 0 amide bonds. The van der Waals surface area contributed by atoms with Gasteiger partial charge in [0.25, 0.3) is 0 Å². The maximum absolute atomic E-state index is 9.48. The highest BCUT2D eigenvalue weighted by atomic mass is 16.5. The van der Waals surface area contributed by atoms with E-state index in [-0.39, 0.29) is 0 Å². The van der Waals surface area contributed by atoms with Crippen LogP contribution in [0.4, 0.5) is 0 Å². The highest BCUT2D eigenvalue weighted by Gasteiger charge is 2.16. The van der Waals surface area contributed by atoms with Crippen molar-refractivity contribution in [1.82, 2.24) is 4.98 Å². The monoisotopic (exact) mass is 229 g/mol. The highest BCUT2D eigenvalue weighted by Crippen LogP contribution is 2.29. The number of nitrogens with zero attached hydrogens (tertiary/aromatic N) is 1. The fourth-order valence-electron chi connectivity index (χ4n) is 2.39. The van der Waals surface area contributed by atoms with E-state index in [1.54, 1.807) is 12.1 Å². The molecule has 3 nitrogen and oxygen atoms in total. The van der Waals surface area contributed by atoms with Gasteiger partial charge in [0.1, 0.15) is 5.75 Å². The number of hydrogen-bond acceptors (Lipinski definition) is 3. The van der Waals surface area contributed by atoms with Crippen LogP contribution in [0.2, 0.25) is 0 Å². The second kappa shape index (κ2) is 4.34.